The number of alkyl halides is 1. The van der Waals surface area contributed by atoms with E-state index in [4.69, 9.17) is 5.11 Å². The largest absolute Gasteiger partial charge is 0.480 e. The lowest BCUT2D eigenvalue weighted by molar-refractivity contribution is -0.138. The Hall–Kier alpha value is 0.160. The van der Waals surface area contributed by atoms with E-state index in [1.807, 2.05) is 22.6 Å². The van der Waals surface area contributed by atoms with Gasteiger partial charge in [0.1, 0.15) is 3.42 Å². The van der Waals surface area contributed by atoms with Gasteiger partial charge in [-0.2, -0.15) is 0 Å². The fourth-order valence-electron chi connectivity index (χ4n) is 0. The molecule has 0 amide bonds. The molecule has 0 aliphatic heterocycles. The molecule has 4 N–H and O–H groups in total. The molecular weight excluding hydrogens is 221 g/mol. The summed E-state index contributed by atoms with van der Waals surface area (Å²) in [5, 5.41) is 8.24. The van der Waals surface area contributed by atoms with Gasteiger partial charge in [0.15, 0.2) is 0 Å². The fraction of sp³-hybridized carbons (Fsp3) is 0.750. The monoisotopic (exact) mass is 231 g/mol. The average Bonchev–Trinajstić information content (AvgIpc) is 1.31. The van der Waals surface area contributed by atoms with Crippen molar-refractivity contribution in [1.29, 1.82) is 0 Å². The van der Waals surface area contributed by atoms with Crippen molar-refractivity contribution in [2.24, 2.45) is 0 Å². The summed E-state index contributed by atoms with van der Waals surface area (Å²) >= 11 is 1.87. The molecule has 0 bridgehead atoms. The normalized spacial score (nSPS) is 9.88. The molecule has 0 aliphatic carbocycles. The molecule has 0 aromatic heterocycles. The molecule has 8 heavy (non-hydrogen) atoms. The van der Waals surface area contributed by atoms with Crippen LogP contribution in [0.1, 0.15) is 13.8 Å². The van der Waals surface area contributed by atoms with Crippen LogP contribution in [0, 0.1) is 0 Å². The lowest BCUT2D eigenvalue weighted by atomic mass is 10.2. The number of hydrogen-bond acceptors (Lipinski definition) is 2. The Morgan fingerprint density at radius 1 is 1.62 bits per heavy atom. The Morgan fingerprint density at radius 3 is 1.75 bits per heavy atom. The number of carbonyl (C=O) groups is 1. The molecule has 0 rings (SSSR count). The summed E-state index contributed by atoms with van der Waals surface area (Å²) in [6, 6.07) is 0. The summed E-state index contributed by atoms with van der Waals surface area (Å²) < 4.78 is -0.613. The van der Waals surface area contributed by atoms with Crippen LogP contribution in [0.3, 0.4) is 0 Å². The van der Waals surface area contributed by atoms with Crippen molar-refractivity contribution >= 4 is 28.6 Å². The van der Waals surface area contributed by atoms with Crippen molar-refractivity contribution in [2.45, 2.75) is 17.3 Å². The van der Waals surface area contributed by atoms with Crippen LogP contribution < -0.4 is 6.15 Å². The second-order valence-electron chi connectivity index (χ2n) is 1.78. The first-order chi connectivity index (χ1) is 2.94. The van der Waals surface area contributed by atoms with E-state index in [1.54, 1.807) is 13.8 Å². The SMILES string of the molecule is CC(C)(I)C(=O)O.N. The quantitative estimate of drug-likeness (QED) is 0.529. The third-order valence-electron chi connectivity index (χ3n) is 0.509. The van der Waals surface area contributed by atoms with E-state index in [2.05, 4.69) is 0 Å². The molecule has 0 aromatic carbocycles. The maximum atomic E-state index is 10.0. The molecule has 0 spiro atoms. The van der Waals surface area contributed by atoms with Gasteiger partial charge >= 0.3 is 5.97 Å². The highest BCUT2D eigenvalue weighted by atomic mass is 127. The van der Waals surface area contributed by atoms with E-state index in [0.717, 1.165) is 0 Å². The Balaban J connectivity index is 0. The minimum Gasteiger partial charge on any atom is -0.480 e. The van der Waals surface area contributed by atoms with E-state index >= 15 is 0 Å². The smallest absolute Gasteiger partial charge is 0.319 e. The molecule has 0 aromatic rings. The topological polar surface area (TPSA) is 72.3 Å². The average molecular weight is 231 g/mol. The first-order valence-electron chi connectivity index (χ1n) is 1.87. The second-order valence-corrected chi connectivity index (χ2v) is 4.47. The Kier molecular flexibility index (Phi) is 4.46. The molecule has 0 saturated heterocycles. The molecule has 0 atom stereocenters. The molecule has 4 heteroatoms. The highest BCUT2D eigenvalue weighted by Crippen LogP contribution is 2.15. The van der Waals surface area contributed by atoms with E-state index in [-0.39, 0.29) is 6.15 Å². The molecule has 0 radical (unpaired) electrons. The van der Waals surface area contributed by atoms with Crippen LogP contribution >= 0.6 is 22.6 Å². The summed E-state index contributed by atoms with van der Waals surface area (Å²) in [5.41, 5.74) is 0. The highest BCUT2D eigenvalue weighted by Gasteiger charge is 2.21. The first-order valence-corrected chi connectivity index (χ1v) is 2.95. The van der Waals surface area contributed by atoms with Gasteiger partial charge in [0, 0.05) is 0 Å². The Labute approximate surface area is 62.2 Å². The summed E-state index contributed by atoms with van der Waals surface area (Å²) in [5.74, 6) is -0.770. The Bertz CT molecular complexity index is 86.5. The van der Waals surface area contributed by atoms with E-state index < -0.39 is 9.39 Å². The van der Waals surface area contributed by atoms with Crippen molar-refractivity contribution < 1.29 is 9.90 Å². The zero-order valence-corrected chi connectivity index (χ0v) is 7.10. The van der Waals surface area contributed by atoms with Gasteiger partial charge in [0.25, 0.3) is 0 Å². The number of carboxylic acids is 1. The van der Waals surface area contributed by atoms with Crippen LogP contribution in [-0.2, 0) is 4.79 Å². The molecule has 0 fully saturated rings. The lowest BCUT2D eigenvalue weighted by Crippen LogP contribution is -2.22. The molecule has 0 unspecified atom stereocenters. The Morgan fingerprint density at radius 2 is 1.75 bits per heavy atom. The third-order valence-corrected chi connectivity index (χ3v) is 0.970. The van der Waals surface area contributed by atoms with Crippen LogP contribution in [0.4, 0.5) is 0 Å². The van der Waals surface area contributed by atoms with Crippen molar-refractivity contribution in [2.75, 3.05) is 0 Å². The van der Waals surface area contributed by atoms with Gasteiger partial charge in [-0.3, -0.25) is 4.79 Å². The zero-order valence-electron chi connectivity index (χ0n) is 4.94. The van der Waals surface area contributed by atoms with Crippen LogP contribution in [0.15, 0.2) is 0 Å². The molecular formula is C4H10INO2. The predicted molar refractivity (Wildman–Crippen MR) is 40.8 cm³/mol. The van der Waals surface area contributed by atoms with Crippen molar-refractivity contribution in [1.82, 2.24) is 6.15 Å². The van der Waals surface area contributed by atoms with Crippen LogP contribution in [0.25, 0.3) is 0 Å². The van der Waals surface area contributed by atoms with Gasteiger partial charge in [-0.25, -0.2) is 0 Å². The van der Waals surface area contributed by atoms with Crippen molar-refractivity contribution in [3.8, 4) is 0 Å². The number of carboxylic acid groups (broad SMARTS) is 1. The van der Waals surface area contributed by atoms with Crippen LogP contribution in [0.5, 0.6) is 0 Å². The van der Waals surface area contributed by atoms with Crippen molar-refractivity contribution in [3.05, 3.63) is 0 Å². The summed E-state index contributed by atoms with van der Waals surface area (Å²) in [4.78, 5) is 10.0. The maximum absolute atomic E-state index is 10.0. The fourth-order valence-corrected chi connectivity index (χ4v) is 0. The molecule has 50 valence electrons. The number of halogens is 1. The van der Waals surface area contributed by atoms with E-state index in [0.29, 0.717) is 0 Å². The van der Waals surface area contributed by atoms with E-state index in [1.165, 1.54) is 0 Å². The van der Waals surface area contributed by atoms with E-state index in [9.17, 15) is 4.79 Å². The zero-order chi connectivity index (χ0) is 6.08. The van der Waals surface area contributed by atoms with Gasteiger partial charge in [-0.1, -0.05) is 22.6 Å². The van der Waals surface area contributed by atoms with Gasteiger partial charge in [0.2, 0.25) is 0 Å². The standard InChI is InChI=1S/C4H7IO2.H3N/c1-4(2,5)3(6)7;/h1-2H3,(H,6,7);1H3. The van der Waals surface area contributed by atoms with Crippen LogP contribution in [0.2, 0.25) is 0 Å². The summed E-state index contributed by atoms with van der Waals surface area (Å²) in [7, 11) is 0. The minimum atomic E-state index is -0.770. The first kappa shape index (κ1) is 11.0. The van der Waals surface area contributed by atoms with Gasteiger partial charge in [0.05, 0.1) is 0 Å². The summed E-state index contributed by atoms with van der Waals surface area (Å²) in [6.45, 7) is 3.30. The third kappa shape index (κ3) is 4.32. The van der Waals surface area contributed by atoms with Gasteiger partial charge in [-0.15, -0.1) is 0 Å². The van der Waals surface area contributed by atoms with Gasteiger partial charge < -0.3 is 11.3 Å². The van der Waals surface area contributed by atoms with Crippen LogP contribution in [-0.4, -0.2) is 14.5 Å². The molecule has 0 saturated carbocycles. The lowest BCUT2D eigenvalue weighted by Gasteiger charge is -2.06. The number of hydrogen-bond donors (Lipinski definition) is 2. The number of rotatable bonds is 1. The number of aliphatic carboxylic acids is 1. The molecule has 0 aliphatic rings. The minimum absolute atomic E-state index is 0. The summed E-state index contributed by atoms with van der Waals surface area (Å²) in [6.07, 6.45) is 0. The second kappa shape index (κ2) is 3.24. The van der Waals surface area contributed by atoms with Crippen molar-refractivity contribution in [3.63, 3.8) is 0 Å². The predicted octanol–water partition coefficient (Wildman–Crippen LogP) is 1.45. The van der Waals surface area contributed by atoms with Gasteiger partial charge in [-0.05, 0) is 13.8 Å². The highest BCUT2D eigenvalue weighted by molar-refractivity contribution is 14.1. The molecule has 0 heterocycles. The molecule has 3 nitrogen and oxygen atoms in total. The maximum Gasteiger partial charge on any atom is 0.319 e.